The molecule has 0 aliphatic heterocycles. The minimum Gasteiger partial charge on any atom is -0.351 e. The van der Waals surface area contributed by atoms with Gasteiger partial charge in [-0.2, -0.15) is 8.42 Å². The van der Waals surface area contributed by atoms with Crippen molar-refractivity contribution in [2.24, 2.45) is 0 Å². The van der Waals surface area contributed by atoms with Gasteiger partial charge < -0.3 is 4.98 Å². The first-order valence-corrected chi connectivity index (χ1v) is 5.65. The fourth-order valence-electron chi connectivity index (χ4n) is 0.568. The highest BCUT2D eigenvalue weighted by Gasteiger charge is 2.08. The van der Waals surface area contributed by atoms with Crippen LogP contribution in [0.3, 0.4) is 0 Å². The highest BCUT2D eigenvalue weighted by Crippen LogP contribution is 1.98. The van der Waals surface area contributed by atoms with Crippen LogP contribution in [-0.4, -0.2) is 24.1 Å². The molecule has 14 heavy (non-hydrogen) atoms. The van der Waals surface area contributed by atoms with Crippen LogP contribution in [0.25, 0.3) is 0 Å². The van der Waals surface area contributed by atoms with E-state index in [2.05, 4.69) is 14.4 Å². The summed E-state index contributed by atoms with van der Waals surface area (Å²) in [5.41, 5.74) is 0. The van der Waals surface area contributed by atoms with E-state index in [9.17, 15) is 12.9 Å². The van der Waals surface area contributed by atoms with Crippen LogP contribution in [-0.2, 0) is 14.5 Å². The number of unbranched alkanes of at least 4 members (excludes halogenated alkanes) is 1. The van der Waals surface area contributed by atoms with E-state index < -0.39 is 10.1 Å². The second-order valence-electron chi connectivity index (χ2n) is 2.44. The van der Waals surface area contributed by atoms with Crippen molar-refractivity contribution in [1.82, 2.24) is 9.97 Å². The second kappa shape index (κ2) is 7.45. The van der Waals surface area contributed by atoms with Crippen molar-refractivity contribution in [3.8, 4) is 0 Å². The molecule has 1 heterocycles. The summed E-state index contributed by atoms with van der Waals surface area (Å²) in [6.45, 7) is 1.81. The number of imidazole rings is 1. The maximum atomic E-state index is 11.0. The van der Waals surface area contributed by atoms with E-state index in [4.69, 9.17) is 0 Å². The smallest absolute Gasteiger partial charge is 0.297 e. The number of H-pyrrole nitrogens is 1. The van der Waals surface area contributed by atoms with Crippen LogP contribution in [0.1, 0.15) is 19.8 Å². The number of nitrogens with one attached hydrogen (secondary N) is 1. The monoisotopic (exact) mass is 224 g/mol. The molecule has 1 aromatic rings. The Morgan fingerprint density at radius 2 is 2.29 bits per heavy atom. The Hall–Kier alpha value is -0.950. The first kappa shape index (κ1) is 13.1. The molecule has 0 saturated heterocycles. The van der Waals surface area contributed by atoms with Crippen molar-refractivity contribution in [3.05, 3.63) is 18.7 Å². The summed E-state index contributed by atoms with van der Waals surface area (Å²) >= 11 is 0. The third kappa shape index (κ3) is 7.69. The van der Waals surface area contributed by atoms with E-state index in [1.807, 2.05) is 6.92 Å². The van der Waals surface area contributed by atoms with Crippen molar-refractivity contribution in [1.29, 1.82) is 0 Å². The molecule has 1 aromatic heterocycles. The minimum absolute atomic E-state index is 0.236. The predicted octanol–water partition coefficient (Wildman–Crippen LogP) is 1.43. The number of hydrogen-bond donors (Lipinski definition) is 1. The Bertz CT molecular complexity index is 282. The number of aromatic nitrogens is 2. The molecular formula is C7H13FN2O3S. The highest BCUT2D eigenvalue weighted by atomic mass is 32.2. The lowest BCUT2D eigenvalue weighted by atomic mass is 10.4. The lowest BCUT2D eigenvalue weighted by Crippen LogP contribution is -2.04. The molecule has 1 rings (SSSR count). The zero-order valence-corrected chi connectivity index (χ0v) is 8.63. The first-order chi connectivity index (χ1) is 6.62. The van der Waals surface area contributed by atoms with Gasteiger partial charge in [-0.15, -0.1) is 0 Å². The van der Waals surface area contributed by atoms with Crippen molar-refractivity contribution in [3.63, 3.8) is 0 Å². The van der Waals surface area contributed by atoms with Gasteiger partial charge in [-0.3, -0.25) is 0 Å². The minimum atomic E-state index is -3.85. The first-order valence-electron chi connectivity index (χ1n) is 4.08. The summed E-state index contributed by atoms with van der Waals surface area (Å²) in [7, 11) is -3.85. The SMILES string of the molecule is CCCCS(=O)(=O)OF.c1c[nH]cn1. The Labute approximate surface area is 82.3 Å². The van der Waals surface area contributed by atoms with Gasteiger partial charge in [0.15, 0.2) is 0 Å². The van der Waals surface area contributed by atoms with Gasteiger partial charge in [0.1, 0.15) is 0 Å². The summed E-state index contributed by atoms with van der Waals surface area (Å²) in [6.07, 6.45) is 6.23. The zero-order chi connectivity index (χ0) is 10.9. The molecule has 0 saturated carbocycles. The molecule has 0 bridgehead atoms. The van der Waals surface area contributed by atoms with Gasteiger partial charge in [-0.1, -0.05) is 17.7 Å². The van der Waals surface area contributed by atoms with Gasteiger partial charge in [0.25, 0.3) is 10.1 Å². The molecule has 0 aliphatic rings. The third-order valence-electron chi connectivity index (χ3n) is 1.25. The highest BCUT2D eigenvalue weighted by molar-refractivity contribution is 7.86. The second-order valence-corrected chi connectivity index (χ2v) is 4.09. The summed E-state index contributed by atoms with van der Waals surface area (Å²) in [5, 5.41) is 0. The number of hydrogen-bond acceptors (Lipinski definition) is 4. The Morgan fingerprint density at radius 1 is 1.57 bits per heavy atom. The van der Waals surface area contributed by atoms with Gasteiger partial charge in [0, 0.05) is 12.4 Å². The fourth-order valence-corrected chi connectivity index (χ4v) is 1.27. The Kier molecular flexibility index (Phi) is 6.95. The van der Waals surface area contributed by atoms with Crippen LogP contribution in [0.4, 0.5) is 4.53 Å². The lowest BCUT2D eigenvalue weighted by Gasteiger charge is -1.92. The molecule has 7 heteroatoms. The molecule has 0 unspecified atom stereocenters. The fraction of sp³-hybridized carbons (Fsp3) is 0.571. The molecule has 5 nitrogen and oxygen atoms in total. The summed E-state index contributed by atoms with van der Waals surface area (Å²) < 4.78 is 34.0. The quantitative estimate of drug-likeness (QED) is 0.839. The Morgan fingerprint density at radius 3 is 2.57 bits per heavy atom. The average Bonchev–Trinajstić information content (AvgIpc) is 2.73. The van der Waals surface area contributed by atoms with E-state index in [0.717, 1.165) is 0 Å². The summed E-state index contributed by atoms with van der Waals surface area (Å²) in [5.74, 6) is -0.236. The van der Waals surface area contributed by atoms with E-state index in [0.29, 0.717) is 12.8 Å². The molecule has 0 aromatic carbocycles. The third-order valence-corrected chi connectivity index (χ3v) is 2.23. The maximum Gasteiger partial charge on any atom is 0.297 e. The normalized spacial score (nSPS) is 10.4. The topological polar surface area (TPSA) is 72.1 Å². The van der Waals surface area contributed by atoms with Gasteiger partial charge in [-0.05, 0) is 10.9 Å². The number of nitrogens with zero attached hydrogens (tertiary/aromatic N) is 1. The van der Waals surface area contributed by atoms with Crippen LogP contribution >= 0.6 is 0 Å². The molecule has 0 amide bonds. The lowest BCUT2D eigenvalue weighted by molar-refractivity contribution is 0.00290. The van der Waals surface area contributed by atoms with Crippen LogP contribution in [0, 0.1) is 0 Å². The van der Waals surface area contributed by atoms with E-state index in [-0.39, 0.29) is 5.75 Å². The summed E-state index contributed by atoms with van der Waals surface area (Å²) in [6, 6.07) is 0. The van der Waals surface area contributed by atoms with Crippen LogP contribution in [0.2, 0.25) is 0 Å². The van der Waals surface area contributed by atoms with E-state index >= 15 is 0 Å². The molecule has 0 aliphatic carbocycles. The van der Waals surface area contributed by atoms with Crippen molar-refractivity contribution < 1.29 is 17.3 Å². The molecule has 0 atom stereocenters. The van der Waals surface area contributed by atoms with Gasteiger partial charge in [0.05, 0.1) is 12.1 Å². The standard InChI is InChI=1S/C4H9FO3S.C3H4N2/c1-2-3-4-9(6,7)8-5;1-2-5-3-4-1/h2-4H2,1H3;1-3H,(H,4,5). The van der Waals surface area contributed by atoms with E-state index in [1.165, 1.54) is 0 Å². The van der Waals surface area contributed by atoms with Crippen molar-refractivity contribution in [2.75, 3.05) is 5.75 Å². The van der Waals surface area contributed by atoms with Crippen molar-refractivity contribution >= 4 is 10.1 Å². The molecular weight excluding hydrogens is 211 g/mol. The molecule has 82 valence electrons. The van der Waals surface area contributed by atoms with E-state index in [1.54, 1.807) is 18.7 Å². The predicted molar refractivity (Wildman–Crippen MR) is 49.5 cm³/mol. The molecule has 0 radical (unpaired) electrons. The van der Waals surface area contributed by atoms with Crippen molar-refractivity contribution in [2.45, 2.75) is 19.8 Å². The molecule has 0 spiro atoms. The van der Waals surface area contributed by atoms with Crippen LogP contribution < -0.4 is 0 Å². The van der Waals surface area contributed by atoms with Crippen LogP contribution in [0.15, 0.2) is 18.7 Å². The van der Waals surface area contributed by atoms with Gasteiger partial charge in [0.2, 0.25) is 0 Å². The maximum absolute atomic E-state index is 11.0. The van der Waals surface area contributed by atoms with Gasteiger partial charge in [-0.25, -0.2) is 4.98 Å². The molecule has 0 fully saturated rings. The number of rotatable bonds is 4. The molecule has 1 N–H and O–H groups in total. The largest absolute Gasteiger partial charge is 0.351 e. The average molecular weight is 224 g/mol. The number of aromatic amines is 1. The Balaban J connectivity index is 0.000000280. The zero-order valence-electron chi connectivity index (χ0n) is 7.81. The van der Waals surface area contributed by atoms with Crippen LogP contribution in [0.5, 0.6) is 0 Å². The summed E-state index contributed by atoms with van der Waals surface area (Å²) in [4.78, 5) is 6.42. The van der Waals surface area contributed by atoms with Gasteiger partial charge >= 0.3 is 0 Å². The number of halogens is 1.